The third-order valence-corrected chi connectivity index (χ3v) is 3.82. The van der Waals surface area contributed by atoms with Crippen molar-refractivity contribution in [1.29, 1.82) is 0 Å². The lowest BCUT2D eigenvalue weighted by Crippen LogP contribution is -2.27. The highest BCUT2D eigenvalue weighted by Crippen LogP contribution is 2.39. The van der Waals surface area contributed by atoms with Gasteiger partial charge in [-0.15, -0.1) is 0 Å². The summed E-state index contributed by atoms with van der Waals surface area (Å²) in [4.78, 5) is 4.31. The summed E-state index contributed by atoms with van der Waals surface area (Å²) in [6, 6.07) is 9.69. The first-order valence-corrected chi connectivity index (χ1v) is 7.24. The molecular formula is C15H14Cl2N2O. The van der Waals surface area contributed by atoms with E-state index in [1.54, 1.807) is 12.3 Å². The lowest BCUT2D eigenvalue weighted by molar-refractivity contribution is 0.252. The summed E-state index contributed by atoms with van der Waals surface area (Å²) in [5.74, 6) is 0.737. The number of nitrogens with zero attached hydrogens (tertiary/aromatic N) is 1. The molecule has 104 valence electrons. The third kappa shape index (κ3) is 2.90. The number of aromatic nitrogens is 1. The highest BCUT2D eigenvalue weighted by molar-refractivity contribution is 6.35. The standard InChI is InChI=1S/C15H14Cl2N2O/c16-10-7-12-14(4-6-20-15(12)13(17)8-10)19-9-11-3-1-2-5-18-11/h1-3,5,7-8,14,19H,4,6,9H2. The largest absolute Gasteiger partial charge is 0.492 e. The molecule has 1 N–H and O–H groups in total. The van der Waals surface area contributed by atoms with Gasteiger partial charge < -0.3 is 10.1 Å². The Balaban J connectivity index is 1.80. The second-order valence-electron chi connectivity index (χ2n) is 4.70. The van der Waals surface area contributed by atoms with Crippen molar-refractivity contribution in [2.45, 2.75) is 19.0 Å². The molecule has 0 bridgehead atoms. The van der Waals surface area contributed by atoms with Gasteiger partial charge in [0.05, 0.1) is 17.3 Å². The molecule has 0 saturated heterocycles. The van der Waals surface area contributed by atoms with Crippen molar-refractivity contribution >= 4 is 23.2 Å². The Labute approximate surface area is 127 Å². The van der Waals surface area contributed by atoms with E-state index in [0.29, 0.717) is 23.2 Å². The van der Waals surface area contributed by atoms with Crippen LogP contribution in [0.5, 0.6) is 5.75 Å². The second kappa shape index (κ2) is 6.00. The van der Waals surface area contributed by atoms with Crippen molar-refractivity contribution in [3.8, 4) is 5.75 Å². The lowest BCUT2D eigenvalue weighted by Gasteiger charge is -2.27. The van der Waals surface area contributed by atoms with Crippen LogP contribution >= 0.6 is 23.2 Å². The van der Waals surface area contributed by atoms with Gasteiger partial charge in [-0.3, -0.25) is 4.98 Å². The van der Waals surface area contributed by atoms with Crippen molar-refractivity contribution < 1.29 is 4.74 Å². The van der Waals surface area contributed by atoms with Gasteiger partial charge >= 0.3 is 0 Å². The molecule has 5 heteroatoms. The molecule has 0 amide bonds. The van der Waals surface area contributed by atoms with Crippen molar-refractivity contribution in [2.24, 2.45) is 0 Å². The number of halogens is 2. The number of pyridine rings is 1. The maximum Gasteiger partial charge on any atom is 0.142 e. The quantitative estimate of drug-likeness (QED) is 0.930. The Morgan fingerprint density at radius 2 is 2.20 bits per heavy atom. The van der Waals surface area contributed by atoms with Gasteiger partial charge in [-0.2, -0.15) is 0 Å². The molecule has 20 heavy (non-hydrogen) atoms. The summed E-state index contributed by atoms with van der Waals surface area (Å²) in [6.07, 6.45) is 2.68. The number of fused-ring (bicyclic) bond motifs is 1. The van der Waals surface area contributed by atoms with Crippen LogP contribution in [-0.4, -0.2) is 11.6 Å². The molecule has 0 radical (unpaired) electrons. The second-order valence-corrected chi connectivity index (χ2v) is 5.54. The number of nitrogens with one attached hydrogen (secondary N) is 1. The normalized spacial score (nSPS) is 17.4. The minimum atomic E-state index is 0.178. The number of ether oxygens (including phenoxy) is 1. The van der Waals surface area contributed by atoms with Crippen LogP contribution in [0.2, 0.25) is 10.0 Å². The molecule has 1 aromatic carbocycles. The summed E-state index contributed by atoms with van der Waals surface area (Å²) in [5, 5.41) is 4.68. The van der Waals surface area contributed by atoms with Crippen LogP contribution in [0.15, 0.2) is 36.5 Å². The fourth-order valence-electron chi connectivity index (χ4n) is 2.37. The summed E-state index contributed by atoms with van der Waals surface area (Å²) in [6.45, 7) is 1.35. The molecule has 1 aliphatic rings. The third-order valence-electron chi connectivity index (χ3n) is 3.32. The Morgan fingerprint density at radius 3 is 3.00 bits per heavy atom. The number of benzene rings is 1. The SMILES string of the molecule is Clc1cc(Cl)c2c(c1)C(NCc1ccccn1)CCO2. The average Bonchev–Trinajstić information content (AvgIpc) is 2.46. The first kappa shape index (κ1) is 13.7. The van der Waals surface area contributed by atoms with E-state index in [4.69, 9.17) is 27.9 Å². The van der Waals surface area contributed by atoms with Gasteiger partial charge in [0.25, 0.3) is 0 Å². The summed E-state index contributed by atoms with van der Waals surface area (Å²) >= 11 is 12.3. The Morgan fingerprint density at radius 1 is 1.30 bits per heavy atom. The van der Waals surface area contributed by atoms with Crippen molar-refractivity contribution in [3.05, 3.63) is 57.8 Å². The predicted molar refractivity (Wildman–Crippen MR) is 80.4 cm³/mol. The van der Waals surface area contributed by atoms with Gasteiger partial charge in [0.15, 0.2) is 0 Å². The zero-order valence-corrected chi connectivity index (χ0v) is 12.3. The maximum absolute atomic E-state index is 6.18. The Hall–Kier alpha value is -1.29. The van der Waals surface area contributed by atoms with E-state index >= 15 is 0 Å². The van der Waals surface area contributed by atoms with Crippen LogP contribution in [0.4, 0.5) is 0 Å². The average molecular weight is 309 g/mol. The molecule has 1 atom stereocenters. The summed E-state index contributed by atoms with van der Waals surface area (Å²) in [5.41, 5.74) is 2.03. The van der Waals surface area contributed by atoms with Gasteiger partial charge in [-0.25, -0.2) is 0 Å². The number of rotatable bonds is 3. The maximum atomic E-state index is 6.18. The molecule has 1 aromatic heterocycles. The Bertz CT molecular complexity index is 604. The summed E-state index contributed by atoms with van der Waals surface area (Å²) < 4.78 is 5.65. The molecular weight excluding hydrogens is 295 g/mol. The molecule has 1 aliphatic heterocycles. The van der Waals surface area contributed by atoms with E-state index in [9.17, 15) is 0 Å². The topological polar surface area (TPSA) is 34.2 Å². The van der Waals surface area contributed by atoms with Crippen LogP contribution in [0.1, 0.15) is 23.7 Å². The zero-order chi connectivity index (χ0) is 13.9. The molecule has 0 saturated carbocycles. The lowest BCUT2D eigenvalue weighted by atomic mass is 10.0. The highest BCUT2D eigenvalue weighted by atomic mass is 35.5. The smallest absolute Gasteiger partial charge is 0.142 e. The van der Waals surface area contributed by atoms with E-state index in [0.717, 1.165) is 23.4 Å². The van der Waals surface area contributed by atoms with E-state index in [-0.39, 0.29) is 6.04 Å². The fourth-order valence-corrected chi connectivity index (χ4v) is 2.93. The van der Waals surface area contributed by atoms with Crippen LogP contribution < -0.4 is 10.1 Å². The number of hydrogen-bond acceptors (Lipinski definition) is 3. The monoisotopic (exact) mass is 308 g/mol. The van der Waals surface area contributed by atoms with E-state index in [2.05, 4.69) is 10.3 Å². The van der Waals surface area contributed by atoms with Crippen molar-refractivity contribution in [3.63, 3.8) is 0 Å². The van der Waals surface area contributed by atoms with E-state index in [1.165, 1.54) is 0 Å². The van der Waals surface area contributed by atoms with Crippen molar-refractivity contribution in [1.82, 2.24) is 10.3 Å². The van der Waals surface area contributed by atoms with E-state index < -0.39 is 0 Å². The minimum absolute atomic E-state index is 0.178. The highest BCUT2D eigenvalue weighted by Gasteiger charge is 2.23. The molecule has 0 spiro atoms. The summed E-state index contributed by atoms with van der Waals surface area (Å²) in [7, 11) is 0. The molecule has 0 aliphatic carbocycles. The minimum Gasteiger partial charge on any atom is -0.492 e. The van der Waals surface area contributed by atoms with Crippen LogP contribution in [0.3, 0.4) is 0 Å². The molecule has 3 rings (SSSR count). The van der Waals surface area contributed by atoms with Gasteiger partial charge in [-0.05, 0) is 24.3 Å². The van der Waals surface area contributed by atoms with Crippen molar-refractivity contribution in [2.75, 3.05) is 6.61 Å². The first-order valence-electron chi connectivity index (χ1n) is 6.49. The van der Waals surface area contributed by atoms with Gasteiger partial charge in [0.1, 0.15) is 5.75 Å². The number of hydrogen-bond donors (Lipinski definition) is 1. The fraction of sp³-hybridized carbons (Fsp3) is 0.267. The molecule has 2 aromatic rings. The molecule has 3 nitrogen and oxygen atoms in total. The molecule has 0 fully saturated rings. The first-order chi connectivity index (χ1) is 9.74. The predicted octanol–water partition coefficient (Wildman–Crippen LogP) is 4.00. The zero-order valence-electron chi connectivity index (χ0n) is 10.8. The molecule has 2 heterocycles. The van der Waals surface area contributed by atoms with Gasteiger partial charge in [0.2, 0.25) is 0 Å². The van der Waals surface area contributed by atoms with Crippen LogP contribution in [0, 0.1) is 0 Å². The van der Waals surface area contributed by atoms with Gasteiger partial charge in [0, 0.05) is 35.8 Å². The van der Waals surface area contributed by atoms with E-state index in [1.807, 2.05) is 24.3 Å². The molecule has 1 unspecified atom stereocenters. The Kier molecular flexibility index (Phi) is 4.10. The van der Waals surface area contributed by atoms with Crippen LogP contribution in [-0.2, 0) is 6.54 Å². The van der Waals surface area contributed by atoms with Gasteiger partial charge in [-0.1, -0.05) is 29.3 Å². The van der Waals surface area contributed by atoms with Crippen LogP contribution in [0.25, 0.3) is 0 Å².